The molecule has 4 aromatic rings. The molecule has 348 valence electrons. The normalized spacial score (nSPS) is 14.0. The molecule has 0 atom stereocenters. The maximum Gasteiger partial charge on any atom is 0.416 e. The minimum absolute atomic E-state index is 0.0193. The van der Waals surface area contributed by atoms with Crippen LogP contribution in [0.25, 0.3) is 0 Å². The average Bonchev–Trinajstić information content (AvgIpc) is 3.11. The molecule has 0 aromatic heterocycles. The van der Waals surface area contributed by atoms with E-state index in [-0.39, 0.29) is 48.5 Å². The van der Waals surface area contributed by atoms with Gasteiger partial charge in [0, 0.05) is 0 Å². The minimum Gasteiger partial charge on any atom is -0.316 e. The van der Waals surface area contributed by atoms with Gasteiger partial charge in [0.1, 0.15) is 0 Å². The van der Waals surface area contributed by atoms with Gasteiger partial charge in [0.05, 0.1) is 44.5 Å². The summed E-state index contributed by atoms with van der Waals surface area (Å²) in [4.78, 5) is 0. The second-order valence-electron chi connectivity index (χ2n) is 13.1. The SMILES string of the molecule is FC(F)(F)c1cc(P(CCNCCP(c2cc(C(F)(F)F)cc(C(F)(F)F)c2)c2cc(C(F)(F)F)cc(C(F)(F)F)c2)c2cc(C(F)(F)F)cc(C(F)(F)F)c2)cc(C(F)(F)F)c1. The third-order valence-electron chi connectivity index (χ3n) is 8.56. The molecule has 0 heterocycles. The molecule has 0 amide bonds. The Morgan fingerprint density at radius 3 is 0.524 bits per heavy atom. The highest BCUT2D eigenvalue weighted by Gasteiger charge is 2.42. The molecule has 1 nitrogen and oxygen atoms in total. The van der Waals surface area contributed by atoms with Crippen LogP contribution in [0.3, 0.4) is 0 Å². The summed E-state index contributed by atoms with van der Waals surface area (Å²) in [5.41, 5.74) is -16.3. The van der Waals surface area contributed by atoms with Gasteiger partial charge in [-0.15, -0.1) is 0 Å². The lowest BCUT2D eigenvalue weighted by Crippen LogP contribution is -2.29. The first-order valence-electron chi connectivity index (χ1n) is 16.7. The van der Waals surface area contributed by atoms with Crippen LogP contribution in [0.2, 0.25) is 0 Å². The van der Waals surface area contributed by atoms with Crippen molar-refractivity contribution in [3.63, 3.8) is 0 Å². The van der Waals surface area contributed by atoms with Crippen molar-refractivity contribution >= 4 is 37.1 Å². The summed E-state index contributed by atoms with van der Waals surface area (Å²) in [7, 11) is -6.30. The number of alkyl halides is 24. The van der Waals surface area contributed by atoms with E-state index < -0.39 is 181 Å². The molecule has 27 heteroatoms. The van der Waals surface area contributed by atoms with Gasteiger partial charge < -0.3 is 5.32 Å². The number of hydrogen-bond acceptors (Lipinski definition) is 1. The third kappa shape index (κ3) is 13.5. The fraction of sp³-hybridized carbons (Fsp3) is 0.333. The van der Waals surface area contributed by atoms with Crippen LogP contribution in [0.5, 0.6) is 0 Å². The Hall–Kier alpha value is -3.98. The molecule has 0 fully saturated rings. The van der Waals surface area contributed by atoms with Crippen LogP contribution in [0.1, 0.15) is 44.5 Å². The maximum absolute atomic E-state index is 13.8. The number of rotatable bonds is 10. The molecule has 0 spiro atoms. The summed E-state index contributed by atoms with van der Waals surface area (Å²) in [6.45, 7) is -1.73. The number of nitrogens with one attached hydrogen (secondary N) is 1. The predicted octanol–water partition coefficient (Wildman–Crippen LogP) is 13.0. The average molecular weight is 985 g/mol. The van der Waals surface area contributed by atoms with Gasteiger partial charge in [-0.1, -0.05) is 0 Å². The van der Waals surface area contributed by atoms with Crippen LogP contribution in [0.15, 0.2) is 72.8 Å². The maximum atomic E-state index is 13.8. The van der Waals surface area contributed by atoms with Crippen LogP contribution in [-0.2, 0) is 49.4 Å². The van der Waals surface area contributed by atoms with Crippen LogP contribution in [-0.4, -0.2) is 25.4 Å². The van der Waals surface area contributed by atoms with Crippen LogP contribution < -0.4 is 26.5 Å². The fourth-order valence-electron chi connectivity index (χ4n) is 5.70. The zero-order chi connectivity index (χ0) is 48.1. The molecular weight excluding hydrogens is 964 g/mol. The lowest BCUT2D eigenvalue weighted by atomic mass is 10.1. The number of hydrogen-bond donors (Lipinski definition) is 1. The molecule has 0 radical (unpaired) electrons. The van der Waals surface area contributed by atoms with Crippen LogP contribution in [0.4, 0.5) is 105 Å². The van der Waals surface area contributed by atoms with Crippen molar-refractivity contribution in [2.45, 2.75) is 49.4 Å². The largest absolute Gasteiger partial charge is 0.416 e. The van der Waals surface area contributed by atoms with Crippen molar-refractivity contribution in [2.75, 3.05) is 25.4 Å². The summed E-state index contributed by atoms with van der Waals surface area (Å²) >= 11 is 0. The molecule has 0 bridgehead atoms. The van der Waals surface area contributed by atoms with E-state index in [4.69, 9.17) is 0 Å². The Morgan fingerprint density at radius 2 is 0.397 bits per heavy atom. The van der Waals surface area contributed by atoms with Gasteiger partial charge >= 0.3 is 49.4 Å². The summed E-state index contributed by atoms with van der Waals surface area (Å²) in [6.07, 6.45) is -46.6. The molecular formula is C36H21F24NP2. The van der Waals surface area contributed by atoms with Gasteiger partial charge in [-0.2, -0.15) is 105 Å². The standard InChI is InChI=1S/C36H21F24NP2/c37-29(38,39)17-5-18(30(40,41)42)10-25(9-17)62(26-11-19(31(43,44)45)6-20(12-26)32(46,47)48)3-1-61-2-4-63(27-13-21(33(49,50)51)7-22(14-27)34(52,53)54)28-15-23(35(55,56)57)8-24(16-28)36(58,59)60/h5-16,61H,1-4H2. The Bertz CT molecular complexity index is 1800. The molecule has 1 N–H and O–H groups in total. The van der Waals surface area contributed by atoms with Crippen LogP contribution >= 0.6 is 15.8 Å². The highest BCUT2D eigenvalue weighted by Crippen LogP contribution is 2.45. The lowest BCUT2D eigenvalue weighted by molar-refractivity contribution is -0.144. The fourth-order valence-corrected chi connectivity index (χ4v) is 10.5. The van der Waals surface area contributed by atoms with Crippen molar-refractivity contribution in [1.29, 1.82) is 0 Å². The van der Waals surface area contributed by atoms with E-state index in [9.17, 15) is 105 Å². The molecule has 0 aliphatic heterocycles. The number of benzene rings is 4. The first-order valence-corrected chi connectivity index (χ1v) is 19.8. The zero-order valence-electron chi connectivity index (χ0n) is 30.2. The highest BCUT2D eigenvalue weighted by atomic mass is 31.1. The Morgan fingerprint density at radius 1 is 0.254 bits per heavy atom. The quantitative estimate of drug-likeness (QED) is 0.0949. The van der Waals surface area contributed by atoms with E-state index >= 15 is 0 Å². The van der Waals surface area contributed by atoms with Crippen molar-refractivity contribution in [3.8, 4) is 0 Å². The van der Waals surface area contributed by atoms with Crippen molar-refractivity contribution < 1.29 is 105 Å². The van der Waals surface area contributed by atoms with E-state index in [0.29, 0.717) is 0 Å². The molecule has 0 aliphatic rings. The second-order valence-corrected chi connectivity index (χ2v) is 17.8. The summed E-state index contributed by atoms with van der Waals surface area (Å²) < 4.78 is 331. The van der Waals surface area contributed by atoms with E-state index in [2.05, 4.69) is 5.32 Å². The molecule has 0 saturated heterocycles. The number of halogens is 24. The van der Waals surface area contributed by atoms with E-state index in [1.807, 2.05) is 0 Å². The Kier molecular flexibility index (Phi) is 14.6. The molecule has 0 unspecified atom stereocenters. The monoisotopic (exact) mass is 985 g/mol. The van der Waals surface area contributed by atoms with Crippen molar-refractivity contribution in [3.05, 3.63) is 117 Å². The predicted molar refractivity (Wildman–Crippen MR) is 181 cm³/mol. The molecule has 0 saturated carbocycles. The molecule has 4 rings (SSSR count). The van der Waals surface area contributed by atoms with Gasteiger partial charge in [-0.3, -0.25) is 0 Å². The second kappa shape index (κ2) is 17.8. The first kappa shape index (κ1) is 51.7. The van der Waals surface area contributed by atoms with Gasteiger partial charge in [0.15, 0.2) is 0 Å². The smallest absolute Gasteiger partial charge is 0.316 e. The molecule has 63 heavy (non-hydrogen) atoms. The summed E-state index contributed by atoms with van der Waals surface area (Å²) in [5, 5.41) is -2.01. The lowest BCUT2D eigenvalue weighted by Gasteiger charge is -2.25. The van der Waals surface area contributed by atoms with E-state index in [1.165, 1.54) is 0 Å². The Labute approximate surface area is 340 Å². The third-order valence-corrected chi connectivity index (χ3v) is 13.4. The molecule has 0 aliphatic carbocycles. The van der Waals surface area contributed by atoms with Crippen molar-refractivity contribution in [1.82, 2.24) is 5.32 Å². The van der Waals surface area contributed by atoms with E-state index in [0.717, 1.165) is 0 Å². The zero-order valence-corrected chi connectivity index (χ0v) is 32.0. The summed E-state index contributed by atoms with van der Waals surface area (Å²) in [6, 6.07) is -1.45. The molecule has 4 aromatic carbocycles. The van der Waals surface area contributed by atoms with Crippen molar-refractivity contribution in [2.24, 2.45) is 0 Å². The highest BCUT2D eigenvalue weighted by molar-refractivity contribution is 7.73. The van der Waals surface area contributed by atoms with Gasteiger partial charge in [-0.25, -0.2) is 0 Å². The Balaban J connectivity index is 1.86. The van der Waals surface area contributed by atoms with E-state index in [1.54, 1.807) is 0 Å². The van der Waals surface area contributed by atoms with Gasteiger partial charge in [-0.05, 0) is 135 Å². The van der Waals surface area contributed by atoms with Crippen LogP contribution in [0, 0.1) is 0 Å². The van der Waals surface area contributed by atoms with Gasteiger partial charge in [0.2, 0.25) is 0 Å². The summed E-state index contributed by atoms with van der Waals surface area (Å²) in [5.74, 6) is 0. The minimum atomic E-state index is -5.58. The first-order chi connectivity index (χ1) is 28.3. The topological polar surface area (TPSA) is 12.0 Å². The van der Waals surface area contributed by atoms with Gasteiger partial charge in [0.25, 0.3) is 0 Å².